The minimum atomic E-state index is 0.564. The fourth-order valence-electron chi connectivity index (χ4n) is 1.84. The summed E-state index contributed by atoms with van der Waals surface area (Å²) in [5, 5.41) is 3.49. The summed E-state index contributed by atoms with van der Waals surface area (Å²) in [6, 6.07) is 2.65. The molecule has 0 bridgehead atoms. The molecule has 1 atom stereocenters. The van der Waals surface area contributed by atoms with E-state index in [9.17, 15) is 0 Å². The average Bonchev–Trinajstić information content (AvgIpc) is 2.52. The van der Waals surface area contributed by atoms with E-state index in [4.69, 9.17) is 11.6 Å². The fourth-order valence-corrected chi connectivity index (χ4v) is 3.60. The van der Waals surface area contributed by atoms with Crippen molar-refractivity contribution in [1.82, 2.24) is 10.2 Å². The van der Waals surface area contributed by atoms with Crippen LogP contribution in [0.5, 0.6) is 0 Å². The van der Waals surface area contributed by atoms with Crippen molar-refractivity contribution in [3.63, 3.8) is 0 Å². The highest BCUT2D eigenvalue weighted by atomic mass is 79.9. The summed E-state index contributed by atoms with van der Waals surface area (Å²) in [6.07, 6.45) is 0. The van der Waals surface area contributed by atoms with Gasteiger partial charge in [0.2, 0.25) is 0 Å². The number of nitrogens with one attached hydrogen (secondary N) is 1. The smallest absolute Gasteiger partial charge is 0.107 e. The topological polar surface area (TPSA) is 15.3 Å². The molecule has 1 aromatic heterocycles. The van der Waals surface area contributed by atoms with Crippen LogP contribution in [0.25, 0.3) is 0 Å². The third-order valence-electron chi connectivity index (χ3n) is 2.78. The van der Waals surface area contributed by atoms with E-state index in [1.165, 1.54) is 4.88 Å². The molecule has 1 aromatic rings. The van der Waals surface area contributed by atoms with Gasteiger partial charge < -0.3 is 10.2 Å². The van der Waals surface area contributed by atoms with Crippen LogP contribution in [-0.4, -0.2) is 31.6 Å². The fraction of sp³-hybridized carbons (Fsp3) is 0.667. The summed E-state index contributed by atoms with van der Waals surface area (Å²) in [5.74, 6) is 0.649. The van der Waals surface area contributed by atoms with E-state index in [0.717, 1.165) is 21.9 Å². The molecule has 1 unspecified atom stereocenters. The van der Waals surface area contributed by atoms with Crippen LogP contribution in [0, 0.1) is 5.92 Å². The predicted octanol–water partition coefficient (Wildman–Crippen LogP) is 3.84. The minimum Gasteiger partial charge on any atom is -0.310 e. The molecular formula is C12H20BrClN2S. The van der Waals surface area contributed by atoms with Crippen molar-refractivity contribution in [3.05, 3.63) is 19.8 Å². The lowest BCUT2D eigenvalue weighted by Gasteiger charge is -2.28. The molecule has 5 heteroatoms. The van der Waals surface area contributed by atoms with Crippen LogP contribution in [-0.2, 0) is 6.54 Å². The van der Waals surface area contributed by atoms with Gasteiger partial charge in [-0.2, -0.15) is 0 Å². The first kappa shape index (κ1) is 15.4. The summed E-state index contributed by atoms with van der Waals surface area (Å²) in [6.45, 7) is 6.39. The number of likely N-dealkylation sites (N-methyl/N-ethyl adjacent to an activating group) is 1. The monoisotopic (exact) mass is 338 g/mol. The van der Waals surface area contributed by atoms with Crippen molar-refractivity contribution < 1.29 is 0 Å². The van der Waals surface area contributed by atoms with Crippen molar-refractivity contribution in [2.75, 3.05) is 20.6 Å². The van der Waals surface area contributed by atoms with E-state index in [0.29, 0.717) is 12.0 Å². The van der Waals surface area contributed by atoms with Gasteiger partial charge in [-0.05, 0) is 42.0 Å². The molecule has 0 radical (unpaired) electrons. The molecule has 0 spiro atoms. The molecule has 1 heterocycles. The second kappa shape index (κ2) is 7.10. The largest absolute Gasteiger partial charge is 0.310 e. The maximum atomic E-state index is 6.01. The number of nitrogens with zero attached hydrogens (tertiary/aromatic N) is 1. The Morgan fingerprint density at radius 1 is 1.47 bits per heavy atom. The van der Waals surface area contributed by atoms with Crippen LogP contribution in [0.4, 0.5) is 0 Å². The summed E-state index contributed by atoms with van der Waals surface area (Å²) in [4.78, 5) is 3.54. The van der Waals surface area contributed by atoms with Gasteiger partial charge in [-0.3, -0.25) is 0 Å². The lowest BCUT2D eigenvalue weighted by Crippen LogP contribution is -2.41. The van der Waals surface area contributed by atoms with Gasteiger partial charge in [0.05, 0.1) is 0 Å². The van der Waals surface area contributed by atoms with E-state index >= 15 is 0 Å². The van der Waals surface area contributed by atoms with Gasteiger partial charge in [0.25, 0.3) is 0 Å². The van der Waals surface area contributed by atoms with E-state index < -0.39 is 0 Å². The first-order chi connectivity index (χ1) is 7.91. The Morgan fingerprint density at radius 3 is 2.53 bits per heavy atom. The van der Waals surface area contributed by atoms with Gasteiger partial charge in [0, 0.05) is 28.5 Å². The van der Waals surface area contributed by atoms with Crippen LogP contribution in [0.2, 0.25) is 4.34 Å². The van der Waals surface area contributed by atoms with E-state index in [-0.39, 0.29) is 0 Å². The second-order valence-corrected chi connectivity index (χ2v) is 7.33. The van der Waals surface area contributed by atoms with E-state index in [2.05, 4.69) is 60.2 Å². The molecule has 0 aliphatic rings. The number of thiophene rings is 1. The quantitative estimate of drug-likeness (QED) is 0.847. The average molecular weight is 340 g/mol. The van der Waals surface area contributed by atoms with Gasteiger partial charge in [0.15, 0.2) is 0 Å². The van der Waals surface area contributed by atoms with Crippen LogP contribution in [0.3, 0.4) is 0 Å². The molecule has 0 fully saturated rings. The number of hydrogen-bond donors (Lipinski definition) is 1. The zero-order chi connectivity index (χ0) is 13.0. The molecule has 0 aliphatic carbocycles. The van der Waals surface area contributed by atoms with Crippen molar-refractivity contribution in [1.29, 1.82) is 0 Å². The highest BCUT2D eigenvalue weighted by Gasteiger charge is 2.15. The minimum absolute atomic E-state index is 0.564. The molecule has 0 saturated carbocycles. The maximum absolute atomic E-state index is 6.01. The Bertz CT molecular complexity index is 325. The third-order valence-corrected chi connectivity index (χ3v) is 5.26. The van der Waals surface area contributed by atoms with Gasteiger partial charge in [0.1, 0.15) is 4.34 Å². The molecule has 1 N–H and O–H groups in total. The van der Waals surface area contributed by atoms with Gasteiger partial charge >= 0.3 is 0 Å². The number of rotatable bonds is 6. The Labute approximate surface area is 121 Å². The van der Waals surface area contributed by atoms with Gasteiger partial charge in [-0.25, -0.2) is 0 Å². The molecule has 1 rings (SSSR count). The number of halogens is 2. The van der Waals surface area contributed by atoms with Crippen LogP contribution < -0.4 is 5.32 Å². The molecule has 0 saturated heterocycles. The second-order valence-electron chi connectivity index (χ2n) is 4.74. The number of hydrogen-bond acceptors (Lipinski definition) is 3. The SMILES string of the molecule is CC(C)C(CNCc1cc(Br)c(Cl)s1)N(C)C. The Balaban J connectivity index is 2.41. The van der Waals surface area contributed by atoms with E-state index in [1.54, 1.807) is 11.3 Å². The van der Waals surface area contributed by atoms with Gasteiger partial charge in [-0.1, -0.05) is 25.4 Å². The Kier molecular flexibility index (Phi) is 6.45. The lowest BCUT2D eigenvalue weighted by molar-refractivity contribution is 0.224. The third kappa shape index (κ3) is 4.87. The molecule has 98 valence electrons. The summed E-state index contributed by atoms with van der Waals surface area (Å²) >= 11 is 11.1. The molecular weight excluding hydrogens is 320 g/mol. The predicted molar refractivity (Wildman–Crippen MR) is 81.0 cm³/mol. The highest BCUT2D eigenvalue weighted by molar-refractivity contribution is 9.10. The molecule has 0 aromatic carbocycles. The standard InChI is InChI=1S/C12H20BrClN2S/c1-8(2)11(16(3)4)7-15-6-9-5-10(13)12(14)17-9/h5,8,11,15H,6-7H2,1-4H3. The molecule has 2 nitrogen and oxygen atoms in total. The Morgan fingerprint density at radius 2 is 2.12 bits per heavy atom. The Hall–Kier alpha value is 0.390. The lowest BCUT2D eigenvalue weighted by atomic mass is 10.0. The van der Waals surface area contributed by atoms with Gasteiger partial charge in [-0.15, -0.1) is 11.3 Å². The highest BCUT2D eigenvalue weighted by Crippen LogP contribution is 2.31. The van der Waals surface area contributed by atoms with Crippen molar-refractivity contribution >= 4 is 38.9 Å². The molecule has 0 amide bonds. The maximum Gasteiger partial charge on any atom is 0.107 e. The van der Waals surface area contributed by atoms with Crippen molar-refractivity contribution in [2.24, 2.45) is 5.92 Å². The van der Waals surface area contributed by atoms with Crippen LogP contribution in [0.15, 0.2) is 10.5 Å². The normalized spacial score (nSPS) is 13.6. The summed E-state index contributed by atoms with van der Waals surface area (Å²) in [5.41, 5.74) is 0. The summed E-state index contributed by atoms with van der Waals surface area (Å²) in [7, 11) is 4.26. The van der Waals surface area contributed by atoms with Crippen molar-refractivity contribution in [3.8, 4) is 0 Å². The van der Waals surface area contributed by atoms with Crippen molar-refractivity contribution in [2.45, 2.75) is 26.4 Å². The van der Waals surface area contributed by atoms with Crippen LogP contribution in [0.1, 0.15) is 18.7 Å². The molecule has 17 heavy (non-hydrogen) atoms. The van der Waals surface area contributed by atoms with E-state index in [1.807, 2.05) is 0 Å². The molecule has 0 aliphatic heterocycles. The first-order valence-electron chi connectivity index (χ1n) is 5.72. The zero-order valence-electron chi connectivity index (χ0n) is 10.8. The summed E-state index contributed by atoms with van der Waals surface area (Å²) < 4.78 is 1.82. The zero-order valence-corrected chi connectivity index (χ0v) is 13.9. The van der Waals surface area contributed by atoms with Crippen LogP contribution >= 0.6 is 38.9 Å². The first-order valence-corrected chi connectivity index (χ1v) is 7.71.